The number of hydrogen-bond donors (Lipinski definition) is 2. The van der Waals surface area contributed by atoms with Crippen molar-refractivity contribution in [2.45, 2.75) is 25.6 Å². The zero-order chi connectivity index (χ0) is 24.1. The van der Waals surface area contributed by atoms with Gasteiger partial charge in [-0.2, -0.15) is 13.2 Å². The van der Waals surface area contributed by atoms with Crippen LogP contribution in [0.1, 0.15) is 17.5 Å². The van der Waals surface area contributed by atoms with Gasteiger partial charge in [0.25, 0.3) is 0 Å². The van der Waals surface area contributed by atoms with Crippen molar-refractivity contribution in [2.24, 2.45) is 7.05 Å². The number of hydrogen-bond acceptors (Lipinski definition) is 6. The van der Waals surface area contributed by atoms with Crippen LogP contribution >= 0.6 is 15.9 Å². The maximum atomic E-state index is 13.2. The first-order valence-corrected chi connectivity index (χ1v) is 10.7. The third kappa shape index (κ3) is 4.28. The number of nitrogens with zero attached hydrogens (tertiary/aromatic N) is 5. The molecule has 1 saturated heterocycles. The number of anilines is 1. The van der Waals surface area contributed by atoms with E-state index in [-0.39, 0.29) is 17.4 Å². The quantitative estimate of drug-likeness (QED) is 0.520. The normalized spacial score (nSPS) is 16.5. The number of aryl methyl sites for hydroxylation is 2. The van der Waals surface area contributed by atoms with Gasteiger partial charge in [0, 0.05) is 26.2 Å². The van der Waals surface area contributed by atoms with Crippen LogP contribution in [0, 0.1) is 6.92 Å². The lowest BCUT2D eigenvalue weighted by Crippen LogP contribution is -2.30. The van der Waals surface area contributed by atoms with Crippen LogP contribution in [0.2, 0.25) is 0 Å². The Hall–Kier alpha value is -3.09. The van der Waals surface area contributed by atoms with Crippen molar-refractivity contribution in [1.82, 2.24) is 24.4 Å². The van der Waals surface area contributed by atoms with Crippen LogP contribution in [0.25, 0.3) is 22.7 Å². The highest BCUT2D eigenvalue weighted by molar-refractivity contribution is 9.10. The van der Waals surface area contributed by atoms with Crippen LogP contribution in [-0.2, 0) is 13.2 Å². The number of nitrogens with one attached hydrogen (secondary N) is 1. The Morgan fingerprint density at radius 2 is 2.03 bits per heavy atom. The van der Waals surface area contributed by atoms with Crippen molar-refractivity contribution in [1.29, 1.82) is 0 Å². The van der Waals surface area contributed by atoms with Crippen LogP contribution in [-0.4, -0.2) is 61.9 Å². The monoisotopic (exact) mass is 528 g/mol. The Labute approximate surface area is 194 Å². The lowest BCUT2D eigenvalue weighted by atomic mass is 10.0. The number of likely N-dealkylation sites (tertiary alicyclic amines) is 1. The summed E-state index contributed by atoms with van der Waals surface area (Å²) in [5.41, 5.74) is 0.648. The summed E-state index contributed by atoms with van der Waals surface area (Å²) in [6.45, 7) is 2.29. The van der Waals surface area contributed by atoms with E-state index in [1.165, 1.54) is 12.0 Å². The number of benzene rings is 1. The molecule has 1 aromatic carbocycles. The van der Waals surface area contributed by atoms with E-state index in [2.05, 4.69) is 36.2 Å². The number of halogens is 4. The minimum Gasteiger partial charge on any atom is -0.496 e. The minimum atomic E-state index is -4.51. The number of rotatable bonds is 4. The van der Waals surface area contributed by atoms with Gasteiger partial charge in [0.15, 0.2) is 21.7 Å². The molecule has 1 amide bonds. The summed E-state index contributed by atoms with van der Waals surface area (Å²) in [6.07, 6.45) is -4.86. The molecule has 33 heavy (non-hydrogen) atoms. The lowest BCUT2D eigenvalue weighted by Gasteiger charge is -2.15. The number of fused-ring (bicyclic) bond motifs is 1. The van der Waals surface area contributed by atoms with Crippen molar-refractivity contribution in [2.75, 3.05) is 25.5 Å². The molecular formula is C20H20BrF3N6O3. The van der Waals surface area contributed by atoms with Crippen LogP contribution in [0.3, 0.4) is 0 Å². The van der Waals surface area contributed by atoms with E-state index >= 15 is 0 Å². The van der Waals surface area contributed by atoms with Gasteiger partial charge in [-0.05, 0) is 47.0 Å². The van der Waals surface area contributed by atoms with Crippen LogP contribution in [0.5, 0.6) is 5.75 Å². The second-order valence-corrected chi connectivity index (χ2v) is 8.48. The fourth-order valence-electron chi connectivity index (χ4n) is 3.90. The molecule has 4 rings (SSSR count). The largest absolute Gasteiger partial charge is 0.496 e. The molecule has 1 aliphatic rings. The summed E-state index contributed by atoms with van der Waals surface area (Å²) in [7, 11) is 3.00. The number of imidazole rings is 1. The van der Waals surface area contributed by atoms with E-state index in [4.69, 9.17) is 9.84 Å². The molecule has 9 nitrogen and oxygen atoms in total. The first-order valence-electron chi connectivity index (χ1n) is 9.90. The fraction of sp³-hybridized carbons (Fsp3) is 0.400. The molecule has 1 fully saturated rings. The smallest absolute Gasteiger partial charge is 0.416 e. The van der Waals surface area contributed by atoms with E-state index in [1.807, 2.05) is 0 Å². The van der Waals surface area contributed by atoms with Crippen molar-refractivity contribution in [3.63, 3.8) is 0 Å². The second-order valence-electron chi connectivity index (χ2n) is 7.73. The maximum absolute atomic E-state index is 13.2. The van der Waals surface area contributed by atoms with Gasteiger partial charge in [-0.15, -0.1) is 0 Å². The zero-order valence-corrected chi connectivity index (χ0v) is 19.5. The summed E-state index contributed by atoms with van der Waals surface area (Å²) in [4.78, 5) is 26.0. The van der Waals surface area contributed by atoms with Gasteiger partial charge >= 0.3 is 12.3 Å². The van der Waals surface area contributed by atoms with Gasteiger partial charge in [-0.1, -0.05) is 0 Å². The van der Waals surface area contributed by atoms with E-state index in [0.717, 1.165) is 12.1 Å². The van der Waals surface area contributed by atoms with Crippen molar-refractivity contribution in [3.8, 4) is 17.1 Å². The lowest BCUT2D eigenvalue weighted by molar-refractivity contribution is -0.137. The van der Waals surface area contributed by atoms with Gasteiger partial charge in [0.2, 0.25) is 0 Å². The predicted octanol–water partition coefficient (Wildman–Crippen LogP) is 4.29. The van der Waals surface area contributed by atoms with Crippen molar-refractivity contribution < 1.29 is 27.8 Å². The number of methoxy groups -OCH3 is 1. The highest BCUT2D eigenvalue weighted by Gasteiger charge is 2.33. The number of carbonyl (C=O) groups is 1. The molecule has 3 aromatic rings. The summed E-state index contributed by atoms with van der Waals surface area (Å²) in [5, 5.41) is 12.3. The van der Waals surface area contributed by atoms with Crippen molar-refractivity contribution >= 4 is 39.1 Å². The Morgan fingerprint density at radius 1 is 1.30 bits per heavy atom. The van der Waals surface area contributed by atoms with Gasteiger partial charge in [0.05, 0.1) is 18.2 Å². The maximum Gasteiger partial charge on any atom is 0.416 e. The third-order valence-corrected chi connectivity index (χ3v) is 6.09. The molecule has 0 radical (unpaired) electrons. The molecule has 0 bridgehead atoms. The number of amides is 1. The van der Waals surface area contributed by atoms with E-state index in [1.54, 1.807) is 18.5 Å². The third-order valence-electron chi connectivity index (χ3n) is 5.53. The zero-order valence-electron chi connectivity index (χ0n) is 17.9. The van der Waals surface area contributed by atoms with E-state index < -0.39 is 17.8 Å². The average molecular weight is 529 g/mol. The Morgan fingerprint density at radius 3 is 2.64 bits per heavy atom. The van der Waals surface area contributed by atoms with Crippen LogP contribution in [0.15, 0.2) is 16.7 Å². The molecule has 3 heterocycles. The van der Waals surface area contributed by atoms with Gasteiger partial charge in [-0.25, -0.2) is 19.7 Å². The van der Waals surface area contributed by atoms with E-state index in [0.29, 0.717) is 52.5 Å². The molecule has 0 saturated carbocycles. The Kier molecular flexibility index (Phi) is 5.85. The standard InChI is InChI=1S/C20H20BrF3N6O3/c1-9-6-10(20(22,23)24)7-12(33-3)13(9)17-28-16-18(29(17)2)26-14(21)15(27-16)25-11-4-5-30(8-11)19(31)32/h6-7,11H,4-5,8H2,1-3H3,(H,25,27)(H,31,32)/t11-/m1/s1. The van der Waals surface area contributed by atoms with Crippen LogP contribution < -0.4 is 10.1 Å². The molecule has 2 N–H and O–H groups in total. The Bertz CT molecular complexity index is 1250. The first-order chi connectivity index (χ1) is 15.5. The number of ether oxygens (including phenoxy) is 1. The van der Waals surface area contributed by atoms with Crippen LogP contribution in [0.4, 0.5) is 23.8 Å². The van der Waals surface area contributed by atoms with Gasteiger partial charge < -0.3 is 24.6 Å². The number of carboxylic acid groups (broad SMARTS) is 1. The summed E-state index contributed by atoms with van der Waals surface area (Å²) >= 11 is 3.39. The number of aromatic nitrogens is 4. The first kappa shape index (κ1) is 23.1. The minimum absolute atomic E-state index is 0.0397. The summed E-state index contributed by atoms with van der Waals surface area (Å²) in [5.74, 6) is 0.799. The molecule has 13 heteroatoms. The fourth-order valence-corrected chi connectivity index (χ4v) is 4.27. The summed E-state index contributed by atoms with van der Waals surface area (Å²) in [6, 6.07) is 1.86. The molecular weight excluding hydrogens is 509 g/mol. The molecule has 176 valence electrons. The second kappa shape index (κ2) is 8.36. The van der Waals surface area contributed by atoms with Gasteiger partial charge in [-0.3, -0.25) is 0 Å². The highest BCUT2D eigenvalue weighted by atomic mass is 79.9. The topological polar surface area (TPSA) is 105 Å². The molecule has 1 atom stereocenters. The number of alkyl halides is 3. The van der Waals surface area contributed by atoms with Crippen molar-refractivity contribution in [3.05, 3.63) is 27.9 Å². The molecule has 2 aromatic heterocycles. The molecule has 0 aliphatic carbocycles. The molecule has 0 unspecified atom stereocenters. The predicted molar refractivity (Wildman–Crippen MR) is 117 cm³/mol. The highest BCUT2D eigenvalue weighted by Crippen LogP contribution is 2.40. The van der Waals surface area contributed by atoms with E-state index in [9.17, 15) is 18.0 Å². The molecule has 1 aliphatic heterocycles. The summed E-state index contributed by atoms with van der Waals surface area (Å²) < 4.78 is 47.0. The molecule has 0 spiro atoms. The van der Waals surface area contributed by atoms with Gasteiger partial charge in [0.1, 0.15) is 11.6 Å². The Balaban J connectivity index is 1.74. The SMILES string of the molecule is COc1cc(C(F)(F)F)cc(C)c1-c1nc2nc(N[C@@H]3CCN(C(=O)O)C3)c(Br)nc2n1C. The average Bonchev–Trinajstić information content (AvgIpc) is 3.32.